The van der Waals surface area contributed by atoms with Crippen molar-refractivity contribution < 1.29 is 82.8 Å². The van der Waals surface area contributed by atoms with Crippen molar-refractivity contribution in [1.29, 1.82) is 0 Å². The van der Waals surface area contributed by atoms with Gasteiger partial charge in [-0.3, -0.25) is 9.59 Å². The molecule has 2 heterocycles. The van der Waals surface area contributed by atoms with Gasteiger partial charge in [0.15, 0.2) is 0 Å². The Kier molecular flexibility index (Phi) is 22.6. The Morgan fingerprint density at radius 3 is 1.39 bits per heavy atom. The molecule has 418 valence electrons. The number of carbonyl (C=O) groups excluding carboxylic acids is 5. The molecule has 0 spiro atoms. The molecular formula is C54H68N4O17S2. The molecular weight excluding hydrogens is 1040 g/mol. The number of ether oxygens (including phenoxy) is 4. The lowest BCUT2D eigenvalue weighted by Crippen LogP contribution is -2.62. The summed E-state index contributed by atoms with van der Waals surface area (Å²) in [5.74, 6) is 7.46. The molecule has 23 heteroatoms. The number of methoxy groups -OCH3 is 2. The Morgan fingerprint density at radius 2 is 1.03 bits per heavy atom. The number of aromatic carboxylic acids is 1. The number of alkyl carbamates (subject to hydrolysis) is 2. The van der Waals surface area contributed by atoms with Crippen molar-refractivity contribution in [3.8, 4) is 23.7 Å². The zero-order valence-corrected chi connectivity index (χ0v) is 46.6. The Balaban J connectivity index is 0.000000312. The van der Waals surface area contributed by atoms with Crippen LogP contribution in [-0.2, 0) is 38.1 Å². The van der Waals surface area contributed by atoms with Crippen molar-refractivity contribution in [3.05, 3.63) is 69.4 Å². The van der Waals surface area contributed by atoms with Gasteiger partial charge >= 0.3 is 42.0 Å². The van der Waals surface area contributed by atoms with Crippen LogP contribution in [0.25, 0.3) is 20.2 Å². The molecule has 0 saturated heterocycles. The summed E-state index contributed by atoms with van der Waals surface area (Å²) >= 11 is 2.55. The number of fused-ring (bicyclic) bond motifs is 2. The number of hydrogen-bond donors (Lipinski definition) is 9. The molecule has 6 rings (SSSR count). The average molecular weight is 1110 g/mol. The number of aliphatic carboxylic acids is 2. The third-order valence-corrected chi connectivity index (χ3v) is 13.3. The Labute approximate surface area is 454 Å². The number of thiophene rings is 2. The monoisotopic (exact) mass is 1110 g/mol. The molecule has 4 aromatic rings. The highest BCUT2D eigenvalue weighted by molar-refractivity contribution is 7.21. The zero-order chi connectivity index (χ0) is 58.4. The summed E-state index contributed by atoms with van der Waals surface area (Å²) in [4.78, 5) is 90.6. The van der Waals surface area contributed by atoms with Gasteiger partial charge in [0.25, 0.3) is 5.91 Å². The molecule has 2 aromatic carbocycles. The molecule has 10 N–H and O–H groups in total. The minimum absolute atomic E-state index is 0.165. The van der Waals surface area contributed by atoms with E-state index in [0.29, 0.717) is 21.6 Å². The van der Waals surface area contributed by atoms with Gasteiger partial charge in [0.05, 0.1) is 30.2 Å². The molecule has 0 bridgehead atoms. The van der Waals surface area contributed by atoms with E-state index in [2.05, 4.69) is 44.4 Å². The molecule has 2 fully saturated rings. The molecule has 2 aliphatic rings. The molecule has 2 aromatic heterocycles. The Morgan fingerprint density at radius 1 is 0.623 bits per heavy atom. The SMILES string of the molecule is COC(=O)[C@@H](N)C(C)(C)NC(=O)OC(C)(C)C.COC(=O)[C@@H](NC(=O)c1cc2ccc(C#CC3C[C@H]3CO)cc2s1)C(C)(C)NC(=O)OC(C)(C)C.O=C(O)C(=O)O.O=C(O)c1cc2ccc(C#CC3C[C@@H]3CO)cc2s1. The van der Waals surface area contributed by atoms with Crippen LogP contribution >= 0.6 is 22.7 Å². The van der Waals surface area contributed by atoms with Crippen LogP contribution in [0.5, 0.6) is 0 Å². The van der Waals surface area contributed by atoms with Crippen molar-refractivity contribution in [1.82, 2.24) is 16.0 Å². The summed E-state index contributed by atoms with van der Waals surface area (Å²) in [7, 11) is 2.46. The van der Waals surface area contributed by atoms with Crippen LogP contribution in [0.4, 0.5) is 9.59 Å². The van der Waals surface area contributed by atoms with E-state index in [1.807, 2.05) is 36.4 Å². The van der Waals surface area contributed by atoms with Crippen LogP contribution in [0.1, 0.15) is 113 Å². The number of nitrogens with one attached hydrogen (secondary N) is 3. The van der Waals surface area contributed by atoms with Crippen molar-refractivity contribution in [2.24, 2.45) is 29.4 Å². The number of nitrogens with two attached hydrogens (primary N) is 1. The normalized spacial score (nSPS) is 17.0. The fourth-order valence-corrected chi connectivity index (χ4v) is 8.54. The maximum Gasteiger partial charge on any atom is 0.414 e. The second kappa shape index (κ2) is 27.2. The number of amides is 3. The van der Waals surface area contributed by atoms with Gasteiger partial charge in [0, 0.05) is 45.6 Å². The highest BCUT2D eigenvalue weighted by Crippen LogP contribution is 2.38. The predicted octanol–water partition coefficient (Wildman–Crippen LogP) is 5.98. The van der Waals surface area contributed by atoms with Gasteiger partial charge in [-0.1, -0.05) is 35.8 Å². The van der Waals surface area contributed by atoms with E-state index in [-0.39, 0.29) is 25.0 Å². The number of hydrogen-bond acceptors (Lipinski definition) is 17. The van der Waals surface area contributed by atoms with Crippen LogP contribution in [0.15, 0.2) is 48.5 Å². The first-order valence-corrected chi connectivity index (χ1v) is 25.5. The lowest BCUT2D eigenvalue weighted by molar-refractivity contribution is -0.159. The van der Waals surface area contributed by atoms with Gasteiger partial charge < -0.3 is 66.2 Å². The van der Waals surface area contributed by atoms with Crippen molar-refractivity contribution in [2.45, 2.75) is 116 Å². The summed E-state index contributed by atoms with van der Waals surface area (Å²) in [6.07, 6.45) is 0.572. The first-order valence-electron chi connectivity index (χ1n) is 23.9. The van der Waals surface area contributed by atoms with Crippen molar-refractivity contribution in [3.63, 3.8) is 0 Å². The molecule has 77 heavy (non-hydrogen) atoms. The fourth-order valence-electron chi connectivity index (χ4n) is 6.60. The first-order chi connectivity index (χ1) is 35.6. The molecule has 6 atom stereocenters. The maximum absolute atomic E-state index is 13.1. The van der Waals surface area contributed by atoms with E-state index in [9.17, 15) is 28.8 Å². The van der Waals surface area contributed by atoms with Gasteiger partial charge in [-0.05, 0) is 141 Å². The molecule has 3 amide bonds. The number of carbonyl (C=O) groups is 8. The summed E-state index contributed by atoms with van der Waals surface area (Å²) in [6, 6.07) is 12.8. The largest absolute Gasteiger partial charge is 0.477 e. The van der Waals surface area contributed by atoms with Gasteiger partial charge in [-0.15, -0.1) is 22.7 Å². The Bertz CT molecular complexity index is 2930. The number of carboxylic acid groups (broad SMARTS) is 3. The molecule has 21 nitrogen and oxygen atoms in total. The highest BCUT2D eigenvalue weighted by Gasteiger charge is 2.41. The van der Waals surface area contributed by atoms with E-state index in [4.69, 9.17) is 55.1 Å². The Hall–Kier alpha value is -7.28. The van der Waals surface area contributed by atoms with E-state index in [1.54, 1.807) is 81.4 Å². The molecule has 2 aliphatic carbocycles. The fraction of sp³-hybridized carbons (Fsp3) is 0.481. The summed E-state index contributed by atoms with van der Waals surface area (Å²) in [5, 5.41) is 51.6. The predicted molar refractivity (Wildman–Crippen MR) is 287 cm³/mol. The minimum atomic E-state index is -1.82. The third kappa shape index (κ3) is 21.0. The number of rotatable bonds is 11. The first kappa shape index (κ1) is 64.0. The van der Waals surface area contributed by atoms with E-state index in [0.717, 1.165) is 44.1 Å². The van der Waals surface area contributed by atoms with Crippen LogP contribution < -0.4 is 21.7 Å². The number of esters is 2. The molecule has 2 saturated carbocycles. The summed E-state index contributed by atoms with van der Waals surface area (Å²) < 4.78 is 21.6. The van der Waals surface area contributed by atoms with E-state index >= 15 is 0 Å². The number of aliphatic hydroxyl groups is 2. The molecule has 0 radical (unpaired) electrons. The summed E-state index contributed by atoms with van der Waals surface area (Å²) in [5.41, 5.74) is 3.94. The van der Waals surface area contributed by atoms with E-state index < -0.39 is 82.3 Å². The zero-order valence-electron chi connectivity index (χ0n) is 44.9. The van der Waals surface area contributed by atoms with Crippen molar-refractivity contribution >= 4 is 90.8 Å². The summed E-state index contributed by atoms with van der Waals surface area (Å²) in [6.45, 7) is 17.3. The number of benzene rings is 2. The molecule has 0 aliphatic heterocycles. The minimum Gasteiger partial charge on any atom is -0.477 e. The van der Waals surface area contributed by atoms with Crippen molar-refractivity contribution in [2.75, 3.05) is 27.4 Å². The van der Waals surface area contributed by atoms with Gasteiger partial charge in [0.2, 0.25) is 0 Å². The van der Waals surface area contributed by atoms with Crippen LogP contribution in [0, 0.1) is 47.4 Å². The highest BCUT2D eigenvalue weighted by atomic mass is 32.1. The van der Waals surface area contributed by atoms with E-state index in [1.165, 1.54) is 36.9 Å². The van der Waals surface area contributed by atoms with Crippen LogP contribution in [-0.4, -0.2) is 135 Å². The van der Waals surface area contributed by atoms with Gasteiger partial charge in [-0.2, -0.15) is 0 Å². The third-order valence-electron chi connectivity index (χ3n) is 11.1. The van der Waals surface area contributed by atoms with Crippen LogP contribution in [0.2, 0.25) is 0 Å². The quantitative estimate of drug-likeness (QED) is 0.0361. The van der Waals surface area contributed by atoms with Gasteiger partial charge in [-0.25, -0.2) is 28.8 Å². The van der Waals surface area contributed by atoms with Crippen LogP contribution in [0.3, 0.4) is 0 Å². The lowest BCUT2D eigenvalue weighted by atomic mass is 9.94. The number of aliphatic hydroxyl groups excluding tert-OH is 2. The second-order valence-corrected chi connectivity index (χ2v) is 23.0. The van der Waals surface area contributed by atoms with Gasteiger partial charge in [0.1, 0.15) is 28.2 Å². The smallest absolute Gasteiger partial charge is 0.414 e. The second-order valence-electron chi connectivity index (χ2n) is 20.9. The molecule has 2 unspecified atom stereocenters. The lowest BCUT2D eigenvalue weighted by Gasteiger charge is -2.34. The maximum atomic E-state index is 13.1. The number of carboxylic acids is 3. The topological polar surface area (TPSA) is 337 Å². The average Bonchev–Trinajstić information content (AvgIpc) is 4.18. The standard InChI is InChI=1S/C26H32N2O6S.C15H12O3S.C11H22N2O4.C2H2O4/c1-25(2,3)34-24(32)28-26(4,5)21(23(31)33-6)27-22(30)20-13-17-10-8-15(11-19(17)35-20)7-9-16-12-18(16)14-29;16-8-12-6-10(12)3-1-9-2-4-11-7-14(15(17)18)19-13(11)5-9;1-10(2,3)17-9(15)13-11(4,5)7(12)8(14)16-6;3-1(4)2(5)6/h8,10-11,13,16,18,21,29H,12,14H2,1-6H3,(H,27,30)(H,28,32);2,4-5,7,10,12,16H,6,8H2,(H,17,18);7H,12H2,1-6H3,(H,13,15);(H,3,4)(H,5,6)/t16?,18-,21+;10?,12-;7-;/m011./s1.